The molecule has 6 nitrogen and oxygen atoms in total. The molecule has 0 atom stereocenters. The van der Waals surface area contributed by atoms with Crippen molar-refractivity contribution in [2.45, 2.75) is 38.1 Å². The van der Waals surface area contributed by atoms with Gasteiger partial charge in [-0.25, -0.2) is 18.1 Å². The van der Waals surface area contributed by atoms with Crippen molar-refractivity contribution in [3.05, 3.63) is 70.0 Å². The van der Waals surface area contributed by atoms with Crippen molar-refractivity contribution in [1.82, 2.24) is 15.0 Å². The van der Waals surface area contributed by atoms with Crippen molar-refractivity contribution >= 4 is 27.3 Å². The summed E-state index contributed by atoms with van der Waals surface area (Å²) in [6, 6.07) is 13.9. The number of amides is 1. The van der Waals surface area contributed by atoms with Crippen molar-refractivity contribution in [2.24, 2.45) is 0 Å². The zero-order chi connectivity index (χ0) is 21.7. The molecule has 0 bridgehead atoms. The predicted molar refractivity (Wildman–Crippen MR) is 120 cm³/mol. The largest absolute Gasteiger partial charge is 0.352 e. The average molecular weight is 444 g/mol. The van der Waals surface area contributed by atoms with Crippen LogP contribution in [0.1, 0.15) is 34.8 Å². The van der Waals surface area contributed by atoms with E-state index in [1.165, 1.54) is 24.3 Å². The van der Waals surface area contributed by atoms with E-state index in [0.29, 0.717) is 18.5 Å². The second-order valence-electron chi connectivity index (χ2n) is 7.25. The molecule has 2 N–H and O–H groups in total. The van der Waals surface area contributed by atoms with Gasteiger partial charge in [0.2, 0.25) is 10.0 Å². The molecule has 30 heavy (non-hydrogen) atoms. The first kappa shape index (κ1) is 22.1. The summed E-state index contributed by atoms with van der Waals surface area (Å²) < 4.78 is 26.8. The number of benzene rings is 2. The highest BCUT2D eigenvalue weighted by Gasteiger charge is 2.16. The van der Waals surface area contributed by atoms with Crippen LogP contribution >= 0.6 is 11.3 Å². The van der Waals surface area contributed by atoms with Gasteiger partial charge in [-0.2, -0.15) is 0 Å². The highest BCUT2D eigenvalue weighted by molar-refractivity contribution is 7.89. The minimum Gasteiger partial charge on any atom is -0.352 e. The molecule has 8 heteroatoms. The number of sulfonamides is 1. The first-order chi connectivity index (χ1) is 14.2. The Morgan fingerprint density at radius 2 is 1.73 bits per heavy atom. The third-order valence-electron chi connectivity index (χ3n) is 4.39. The fourth-order valence-electron chi connectivity index (χ4n) is 2.92. The van der Waals surface area contributed by atoms with Gasteiger partial charge in [0, 0.05) is 29.1 Å². The van der Waals surface area contributed by atoms with Crippen molar-refractivity contribution in [1.29, 1.82) is 0 Å². The zero-order valence-corrected chi connectivity index (χ0v) is 18.8. The van der Waals surface area contributed by atoms with Gasteiger partial charge < -0.3 is 5.32 Å². The van der Waals surface area contributed by atoms with E-state index in [1.54, 1.807) is 25.2 Å². The molecule has 0 aliphatic heterocycles. The summed E-state index contributed by atoms with van der Waals surface area (Å²) in [6.07, 6.45) is 0.701. The van der Waals surface area contributed by atoms with Gasteiger partial charge in [0.05, 0.1) is 15.6 Å². The minimum absolute atomic E-state index is 0.142. The average Bonchev–Trinajstić information content (AvgIpc) is 3.14. The lowest BCUT2D eigenvalue weighted by Gasteiger charge is -2.10. The van der Waals surface area contributed by atoms with Crippen LogP contribution in [0.3, 0.4) is 0 Å². The molecule has 0 fully saturated rings. The number of rotatable bonds is 8. The zero-order valence-electron chi connectivity index (χ0n) is 17.2. The van der Waals surface area contributed by atoms with Crippen LogP contribution in [0.2, 0.25) is 0 Å². The fraction of sp³-hybridized carbons (Fsp3) is 0.273. The van der Waals surface area contributed by atoms with Crippen LogP contribution in [-0.2, 0) is 16.4 Å². The van der Waals surface area contributed by atoms with E-state index >= 15 is 0 Å². The molecule has 1 amide bonds. The van der Waals surface area contributed by atoms with Gasteiger partial charge in [-0.1, -0.05) is 24.3 Å². The minimum atomic E-state index is -3.56. The van der Waals surface area contributed by atoms with Crippen molar-refractivity contribution < 1.29 is 13.2 Å². The van der Waals surface area contributed by atoms with Crippen LogP contribution in [0.4, 0.5) is 0 Å². The Hall–Kier alpha value is -2.55. The van der Waals surface area contributed by atoms with Crippen molar-refractivity contribution in [3.63, 3.8) is 0 Å². The number of nitrogens with one attached hydrogen (secondary N) is 2. The lowest BCUT2D eigenvalue weighted by atomic mass is 10.1. The van der Waals surface area contributed by atoms with E-state index in [-0.39, 0.29) is 16.8 Å². The first-order valence-electron chi connectivity index (χ1n) is 9.66. The molecular weight excluding hydrogens is 418 g/mol. The summed E-state index contributed by atoms with van der Waals surface area (Å²) in [7, 11) is -3.56. The maximum atomic E-state index is 12.3. The lowest BCUT2D eigenvalue weighted by Crippen LogP contribution is -2.30. The Labute approximate surface area is 181 Å². The maximum absolute atomic E-state index is 12.3. The summed E-state index contributed by atoms with van der Waals surface area (Å²) in [6.45, 7) is 5.99. The smallest absolute Gasteiger partial charge is 0.251 e. The van der Waals surface area contributed by atoms with Crippen LogP contribution in [0.15, 0.2) is 58.8 Å². The SMILES string of the molecule is Cc1nc(-c2ccc(CCNC(=O)c3ccc(S(=O)(=O)NC(C)C)cc3)cc2)cs1. The summed E-state index contributed by atoms with van der Waals surface area (Å²) >= 11 is 1.63. The second-order valence-corrected chi connectivity index (χ2v) is 10.0. The topological polar surface area (TPSA) is 88.2 Å². The number of carbonyl (C=O) groups is 1. The predicted octanol–water partition coefficient (Wildman–Crippen LogP) is 3.78. The van der Waals surface area contributed by atoms with Crippen LogP contribution in [0.25, 0.3) is 11.3 Å². The van der Waals surface area contributed by atoms with E-state index in [2.05, 4.69) is 15.0 Å². The van der Waals surface area contributed by atoms with E-state index in [0.717, 1.165) is 21.8 Å². The van der Waals surface area contributed by atoms with Gasteiger partial charge in [-0.3, -0.25) is 4.79 Å². The molecule has 0 spiro atoms. The summed E-state index contributed by atoms with van der Waals surface area (Å²) in [4.78, 5) is 17.0. The molecule has 0 radical (unpaired) electrons. The molecule has 0 aliphatic carbocycles. The molecule has 0 aliphatic rings. The van der Waals surface area contributed by atoms with Crippen LogP contribution < -0.4 is 10.0 Å². The van der Waals surface area contributed by atoms with Crippen LogP contribution in [0, 0.1) is 6.92 Å². The molecule has 1 aromatic heterocycles. The number of hydrogen-bond acceptors (Lipinski definition) is 5. The first-order valence-corrected chi connectivity index (χ1v) is 12.0. The van der Waals surface area contributed by atoms with Crippen molar-refractivity contribution in [3.8, 4) is 11.3 Å². The molecule has 0 saturated heterocycles. The number of carbonyl (C=O) groups excluding carboxylic acids is 1. The Bertz CT molecular complexity index is 1100. The van der Waals surface area contributed by atoms with Crippen LogP contribution in [-0.4, -0.2) is 31.9 Å². The monoisotopic (exact) mass is 443 g/mol. The summed E-state index contributed by atoms with van der Waals surface area (Å²) in [5.41, 5.74) is 3.60. The number of nitrogens with zero attached hydrogens (tertiary/aromatic N) is 1. The van der Waals surface area contributed by atoms with E-state index in [4.69, 9.17) is 0 Å². The molecular formula is C22H25N3O3S2. The molecule has 2 aromatic carbocycles. The number of aromatic nitrogens is 1. The molecule has 0 unspecified atom stereocenters. The Balaban J connectivity index is 1.53. The molecule has 1 heterocycles. The number of aryl methyl sites for hydroxylation is 1. The normalized spacial score (nSPS) is 11.6. The third-order valence-corrected chi connectivity index (χ3v) is 6.83. The second kappa shape index (κ2) is 9.51. The molecule has 3 aromatic rings. The van der Waals surface area contributed by atoms with E-state index in [1.807, 2.05) is 36.6 Å². The summed E-state index contributed by atoms with van der Waals surface area (Å²) in [5.74, 6) is -0.231. The number of hydrogen-bond donors (Lipinski definition) is 2. The van der Waals surface area contributed by atoms with Gasteiger partial charge in [-0.15, -0.1) is 11.3 Å². The Kier molecular flexibility index (Phi) is 7.02. The highest BCUT2D eigenvalue weighted by Crippen LogP contribution is 2.21. The maximum Gasteiger partial charge on any atom is 0.251 e. The lowest BCUT2D eigenvalue weighted by molar-refractivity contribution is 0.0954. The standard InChI is InChI=1S/C22H25N3O3S2/c1-15(2)25-30(27,28)20-10-8-19(9-11-20)22(26)23-13-12-17-4-6-18(7-5-17)21-14-29-16(3)24-21/h4-11,14-15,25H,12-13H2,1-3H3,(H,23,26). The highest BCUT2D eigenvalue weighted by atomic mass is 32.2. The van der Waals surface area contributed by atoms with E-state index < -0.39 is 10.0 Å². The van der Waals surface area contributed by atoms with Gasteiger partial charge >= 0.3 is 0 Å². The van der Waals surface area contributed by atoms with Crippen molar-refractivity contribution in [2.75, 3.05) is 6.54 Å². The molecule has 0 saturated carbocycles. The van der Waals surface area contributed by atoms with Gasteiger partial charge in [0.25, 0.3) is 5.91 Å². The third kappa shape index (κ3) is 5.75. The molecule has 3 rings (SSSR count). The van der Waals surface area contributed by atoms with Gasteiger partial charge in [0.1, 0.15) is 0 Å². The quantitative estimate of drug-likeness (QED) is 0.555. The van der Waals surface area contributed by atoms with Gasteiger partial charge in [-0.05, 0) is 57.0 Å². The summed E-state index contributed by atoms with van der Waals surface area (Å²) in [5, 5.41) is 5.95. The Morgan fingerprint density at radius 1 is 1.07 bits per heavy atom. The Morgan fingerprint density at radius 3 is 2.30 bits per heavy atom. The van der Waals surface area contributed by atoms with Gasteiger partial charge in [0.15, 0.2) is 0 Å². The van der Waals surface area contributed by atoms with E-state index in [9.17, 15) is 13.2 Å². The number of thiazole rings is 1. The fourth-order valence-corrected chi connectivity index (χ4v) is 4.80. The van der Waals surface area contributed by atoms with Crippen LogP contribution in [0.5, 0.6) is 0 Å². The molecule has 158 valence electrons.